The Morgan fingerprint density at radius 1 is 1.14 bits per heavy atom. The predicted octanol–water partition coefficient (Wildman–Crippen LogP) is 4.87. The van der Waals surface area contributed by atoms with Crippen molar-refractivity contribution in [3.05, 3.63) is 12.2 Å². The number of ether oxygens (including phenoxy) is 2. The maximum atomic E-state index is 5.98. The highest BCUT2D eigenvalue weighted by molar-refractivity contribution is 5.17. The first-order valence-electron chi connectivity index (χ1n) is 9.27. The molecule has 0 radical (unpaired) electrons. The van der Waals surface area contributed by atoms with E-state index in [4.69, 9.17) is 9.47 Å². The molecule has 0 bridgehead atoms. The Morgan fingerprint density at radius 3 is 2.55 bits per heavy atom. The standard InChI is InChI=1S/C20H32O2/c1-13-6-7-17-20(5,22-17)11-8-15-14(13)12-19(15,4)10-9-16-18(2,3)21-16/h14-17H,1,6-12H2,2-5H3/t14-,15-,16?,17-,19-,20-/m1/s1. The third kappa shape index (κ3) is 2.38. The van der Waals surface area contributed by atoms with Gasteiger partial charge in [0.25, 0.3) is 0 Å². The summed E-state index contributed by atoms with van der Waals surface area (Å²) >= 11 is 0. The summed E-state index contributed by atoms with van der Waals surface area (Å²) in [5, 5.41) is 0. The summed E-state index contributed by atoms with van der Waals surface area (Å²) in [5.74, 6) is 1.60. The highest BCUT2D eigenvalue weighted by Gasteiger charge is 2.57. The molecule has 2 heterocycles. The van der Waals surface area contributed by atoms with Gasteiger partial charge in [-0.3, -0.25) is 0 Å². The van der Waals surface area contributed by atoms with Gasteiger partial charge in [0.15, 0.2) is 0 Å². The van der Waals surface area contributed by atoms with E-state index in [1.165, 1.54) is 50.5 Å². The smallest absolute Gasteiger partial charge is 0.0920 e. The maximum Gasteiger partial charge on any atom is 0.0920 e. The van der Waals surface area contributed by atoms with Crippen LogP contribution in [0, 0.1) is 17.3 Å². The molecular formula is C20H32O2. The molecule has 1 unspecified atom stereocenters. The highest BCUT2D eigenvalue weighted by atomic mass is 16.6. The van der Waals surface area contributed by atoms with E-state index in [1.807, 2.05) is 0 Å². The second-order valence-electron chi connectivity index (χ2n) is 9.47. The van der Waals surface area contributed by atoms with Crippen molar-refractivity contribution in [2.45, 2.75) is 96.1 Å². The molecule has 6 atom stereocenters. The lowest BCUT2D eigenvalue weighted by Crippen LogP contribution is -2.47. The highest BCUT2D eigenvalue weighted by Crippen LogP contribution is 2.61. The van der Waals surface area contributed by atoms with E-state index in [1.54, 1.807) is 0 Å². The van der Waals surface area contributed by atoms with Gasteiger partial charge >= 0.3 is 0 Å². The molecule has 0 amide bonds. The number of epoxide rings is 2. The predicted molar refractivity (Wildman–Crippen MR) is 88.8 cm³/mol. The fourth-order valence-electron chi connectivity index (χ4n) is 5.41. The number of hydrogen-bond acceptors (Lipinski definition) is 2. The fourth-order valence-corrected chi connectivity index (χ4v) is 5.41. The molecule has 2 nitrogen and oxygen atoms in total. The second-order valence-corrected chi connectivity index (χ2v) is 9.47. The quantitative estimate of drug-likeness (QED) is 0.549. The van der Waals surface area contributed by atoms with Crippen LogP contribution >= 0.6 is 0 Å². The topological polar surface area (TPSA) is 25.1 Å². The number of hydrogen-bond donors (Lipinski definition) is 0. The zero-order chi connectivity index (χ0) is 15.8. The van der Waals surface area contributed by atoms with Crippen LogP contribution in [0.3, 0.4) is 0 Å². The normalized spacial score (nSPS) is 52.5. The Morgan fingerprint density at radius 2 is 1.86 bits per heavy atom. The summed E-state index contributed by atoms with van der Waals surface area (Å²) in [6.45, 7) is 13.7. The molecule has 2 aliphatic heterocycles. The average Bonchev–Trinajstić information content (AvgIpc) is 3.26. The van der Waals surface area contributed by atoms with Crippen LogP contribution < -0.4 is 0 Å². The lowest BCUT2D eigenvalue weighted by atomic mass is 9.49. The van der Waals surface area contributed by atoms with E-state index >= 15 is 0 Å². The lowest BCUT2D eigenvalue weighted by Gasteiger charge is -2.55. The van der Waals surface area contributed by atoms with Gasteiger partial charge in [0.2, 0.25) is 0 Å². The van der Waals surface area contributed by atoms with Crippen molar-refractivity contribution in [1.82, 2.24) is 0 Å². The van der Waals surface area contributed by atoms with Crippen molar-refractivity contribution in [2.24, 2.45) is 17.3 Å². The van der Waals surface area contributed by atoms with Crippen molar-refractivity contribution in [2.75, 3.05) is 0 Å². The molecule has 22 heavy (non-hydrogen) atoms. The SMILES string of the molecule is C=C1CC[C@H]2O[C@]2(C)CC[C@@H]2[C@@H]1C[C@@]2(C)CCC1OC1(C)C. The van der Waals surface area contributed by atoms with Crippen LogP contribution in [0.2, 0.25) is 0 Å². The van der Waals surface area contributed by atoms with E-state index in [9.17, 15) is 0 Å². The maximum absolute atomic E-state index is 5.98. The fraction of sp³-hybridized carbons (Fsp3) is 0.900. The first-order chi connectivity index (χ1) is 10.2. The third-order valence-electron chi connectivity index (χ3n) is 7.45. The molecule has 0 aromatic heterocycles. The molecule has 4 rings (SSSR count). The van der Waals surface area contributed by atoms with Crippen LogP contribution in [0.5, 0.6) is 0 Å². The zero-order valence-electron chi connectivity index (χ0n) is 14.8. The lowest BCUT2D eigenvalue weighted by molar-refractivity contribution is -0.0289. The van der Waals surface area contributed by atoms with Gasteiger partial charge in [-0.1, -0.05) is 19.1 Å². The minimum Gasteiger partial charge on any atom is -0.367 e. The Labute approximate surface area is 135 Å². The number of allylic oxidation sites excluding steroid dienone is 1. The van der Waals surface area contributed by atoms with Gasteiger partial charge in [0, 0.05) is 0 Å². The van der Waals surface area contributed by atoms with Crippen LogP contribution in [-0.4, -0.2) is 23.4 Å². The molecule has 0 N–H and O–H groups in total. The average molecular weight is 304 g/mol. The van der Waals surface area contributed by atoms with Gasteiger partial charge < -0.3 is 9.47 Å². The van der Waals surface area contributed by atoms with E-state index < -0.39 is 0 Å². The van der Waals surface area contributed by atoms with Crippen LogP contribution in [-0.2, 0) is 9.47 Å². The zero-order valence-corrected chi connectivity index (χ0v) is 14.8. The van der Waals surface area contributed by atoms with Crippen molar-refractivity contribution in [3.63, 3.8) is 0 Å². The van der Waals surface area contributed by atoms with Gasteiger partial charge in [-0.15, -0.1) is 0 Å². The van der Waals surface area contributed by atoms with Crippen LogP contribution in [0.4, 0.5) is 0 Å². The van der Waals surface area contributed by atoms with Crippen LogP contribution in [0.25, 0.3) is 0 Å². The second kappa shape index (κ2) is 4.60. The number of rotatable bonds is 3. The van der Waals surface area contributed by atoms with E-state index in [0.717, 1.165) is 11.8 Å². The van der Waals surface area contributed by atoms with Crippen LogP contribution in [0.1, 0.15) is 72.6 Å². The Hall–Kier alpha value is -0.340. The van der Waals surface area contributed by atoms with E-state index in [2.05, 4.69) is 34.3 Å². The van der Waals surface area contributed by atoms with Gasteiger partial charge in [-0.05, 0) is 83.0 Å². The Balaban J connectivity index is 1.41. The summed E-state index contributed by atoms with van der Waals surface area (Å²) in [6.07, 6.45) is 9.84. The molecule has 2 saturated carbocycles. The molecule has 4 fully saturated rings. The van der Waals surface area contributed by atoms with Crippen molar-refractivity contribution in [1.29, 1.82) is 0 Å². The summed E-state index contributed by atoms with van der Waals surface area (Å²) in [7, 11) is 0. The summed E-state index contributed by atoms with van der Waals surface area (Å²) < 4.78 is 11.8. The monoisotopic (exact) mass is 304 g/mol. The molecule has 2 aliphatic carbocycles. The first-order valence-corrected chi connectivity index (χ1v) is 9.27. The summed E-state index contributed by atoms with van der Waals surface area (Å²) in [5.41, 5.74) is 2.34. The summed E-state index contributed by atoms with van der Waals surface area (Å²) in [6, 6.07) is 0. The van der Waals surface area contributed by atoms with Gasteiger partial charge in [0.05, 0.1) is 23.4 Å². The van der Waals surface area contributed by atoms with Crippen LogP contribution in [0.15, 0.2) is 12.2 Å². The van der Waals surface area contributed by atoms with E-state index in [0.29, 0.717) is 17.6 Å². The molecular weight excluding hydrogens is 272 g/mol. The largest absolute Gasteiger partial charge is 0.367 e. The third-order valence-corrected chi connectivity index (χ3v) is 7.45. The molecule has 0 spiro atoms. The molecule has 0 aromatic carbocycles. The molecule has 4 aliphatic rings. The van der Waals surface area contributed by atoms with Gasteiger partial charge in [-0.25, -0.2) is 0 Å². The van der Waals surface area contributed by atoms with E-state index in [-0.39, 0.29) is 11.2 Å². The van der Waals surface area contributed by atoms with Gasteiger partial charge in [-0.2, -0.15) is 0 Å². The van der Waals surface area contributed by atoms with Crippen molar-refractivity contribution in [3.8, 4) is 0 Å². The minimum atomic E-state index is 0.143. The van der Waals surface area contributed by atoms with Crippen molar-refractivity contribution >= 4 is 0 Å². The molecule has 2 saturated heterocycles. The molecule has 124 valence electrons. The van der Waals surface area contributed by atoms with Crippen molar-refractivity contribution < 1.29 is 9.47 Å². The van der Waals surface area contributed by atoms with Gasteiger partial charge in [0.1, 0.15) is 0 Å². The molecule has 2 heteroatoms. The first kappa shape index (κ1) is 15.2. The Kier molecular flexibility index (Phi) is 3.18. The molecule has 0 aromatic rings. The number of fused-ring (bicyclic) bond motifs is 2. The minimum absolute atomic E-state index is 0.143. The summed E-state index contributed by atoms with van der Waals surface area (Å²) in [4.78, 5) is 0. The Bertz CT molecular complexity index is 496.